The third-order valence-electron chi connectivity index (χ3n) is 3.68. The van der Waals surface area contributed by atoms with Crippen molar-refractivity contribution >= 4 is 40.1 Å². The highest BCUT2D eigenvalue weighted by atomic mass is 35.5. The minimum Gasteiger partial charge on any atom is -0.370 e. The van der Waals surface area contributed by atoms with E-state index in [9.17, 15) is 0 Å². The average Bonchev–Trinajstić information content (AvgIpc) is 2.55. The molecule has 5 heteroatoms. The zero-order chi connectivity index (χ0) is 17.1. The van der Waals surface area contributed by atoms with Crippen molar-refractivity contribution in [3.05, 3.63) is 47.0 Å². The Balaban J connectivity index is 2.23. The summed E-state index contributed by atoms with van der Waals surface area (Å²) in [5, 5.41) is 5.14. The van der Waals surface area contributed by atoms with E-state index in [0.29, 0.717) is 0 Å². The first-order valence-electron chi connectivity index (χ1n) is 8.07. The Bertz CT molecular complexity index is 880. The van der Waals surface area contributed by atoms with Gasteiger partial charge in [-0.3, -0.25) is 0 Å². The Labute approximate surface area is 151 Å². The first-order chi connectivity index (χ1) is 11.6. The molecule has 0 saturated carbocycles. The standard InChI is InChI=1S/C19H20ClN3S/c1-4-21-18-14-8-6-12(3)10-16(14)22-19(23-18)15-9-7-13(20)11-17(15)24-5-2/h6-11H,4-5H2,1-3H3,(H,21,22,23). The summed E-state index contributed by atoms with van der Waals surface area (Å²) in [6.07, 6.45) is 0. The highest BCUT2D eigenvalue weighted by molar-refractivity contribution is 7.99. The minimum atomic E-state index is 0.733. The van der Waals surface area contributed by atoms with Crippen LogP contribution in [0.4, 0.5) is 5.82 Å². The summed E-state index contributed by atoms with van der Waals surface area (Å²) in [6, 6.07) is 12.2. The van der Waals surface area contributed by atoms with E-state index < -0.39 is 0 Å². The number of rotatable bonds is 5. The number of hydrogen-bond donors (Lipinski definition) is 1. The number of anilines is 1. The van der Waals surface area contributed by atoms with Crippen LogP contribution in [0.25, 0.3) is 22.3 Å². The van der Waals surface area contributed by atoms with Gasteiger partial charge < -0.3 is 5.32 Å². The largest absolute Gasteiger partial charge is 0.370 e. The van der Waals surface area contributed by atoms with E-state index in [1.807, 2.05) is 18.2 Å². The fourth-order valence-corrected chi connectivity index (χ4v) is 3.69. The fraction of sp³-hybridized carbons (Fsp3) is 0.263. The Hall–Kier alpha value is -1.78. The topological polar surface area (TPSA) is 37.8 Å². The molecule has 3 rings (SSSR count). The second kappa shape index (κ2) is 7.41. The first kappa shape index (κ1) is 17.1. The van der Waals surface area contributed by atoms with Crippen molar-refractivity contribution in [2.24, 2.45) is 0 Å². The van der Waals surface area contributed by atoms with Crippen LogP contribution in [0.15, 0.2) is 41.3 Å². The van der Waals surface area contributed by atoms with E-state index in [4.69, 9.17) is 21.6 Å². The lowest BCUT2D eigenvalue weighted by Crippen LogP contribution is -2.03. The van der Waals surface area contributed by atoms with E-state index >= 15 is 0 Å². The summed E-state index contributed by atoms with van der Waals surface area (Å²) in [6.45, 7) is 7.10. The van der Waals surface area contributed by atoms with Crippen molar-refractivity contribution in [1.29, 1.82) is 0 Å². The SMILES string of the molecule is CCNc1nc(-c2ccc(Cl)cc2SCC)nc2cc(C)ccc12. The maximum Gasteiger partial charge on any atom is 0.163 e. The van der Waals surface area contributed by atoms with Crippen molar-refractivity contribution in [1.82, 2.24) is 9.97 Å². The number of fused-ring (bicyclic) bond motifs is 1. The van der Waals surface area contributed by atoms with Crippen LogP contribution in [0, 0.1) is 6.92 Å². The molecule has 3 nitrogen and oxygen atoms in total. The maximum atomic E-state index is 6.17. The predicted molar refractivity (Wildman–Crippen MR) is 105 cm³/mol. The zero-order valence-corrected chi connectivity index (χ0v) is 15.6. The molecule has 2 aromatic carbocycles. The molecule has 24 heavy (non-hydrogen) atoms. The fourth-order valence-electron chi connectivity index (χ4n) is 2.62. The molecule has 124 valence electrons. The summed E-state index contributed by atoms with van der Waals surface area (Å²) in [5.74, 6) is 2.58. The van der Waals surface area contributed by atoms with Crippen LogP contribution >= 0.6 is 23.4 Å². The molecule has 0 radical (unpaired) electrons. The molecule has 1 N–H and O–H groups in total. The van der Waals surface area contributed by atoms with Crippen LogP contribution < -0.4 is 5.32 Å². The molecule has 0 saturated heterocycles. The Morgan fingerprint density at radius 1 is 1.08 bits per heavy atom. The lowest BCUT2D eigenvalue weighted by Gasteiger charge is -2.12. The molecule has 0 amide bonds. The molecular weight excluding hydrogens is 338 g/mol. The molecule has 0 aliphatic heterocycles. The van der Waals surface area contributed by atoms with Gasteiger partial charge in [-0.05, 0) is 55.5 Å². The number of aromatic nitrogens is 2. The van der Waals surface area contributed by atoms with Gasteiger partial charge >= 0.3 is 0 Å². The molecule has 0 atom stereocenters. The zero-order valence-electron chi connectivity index (χ0n) is 14.1. The third-order valence-corrected chi connectivity index (χ3v) is 4.85. The van der Waals surface area contributed by atoms with E-state index in [-0.39, 0.29) is 0 Å². The Kier molecular flexibility index (Phi) is 5.27. The summed E-state index contributed by atoms with van der Waals surface area (Å²) in [4.78, 5) is 10.7. The van der Waals surface area contributed by atoms with Gasteiger partial charge in [0, 0.05) is 27.4 Å². The van der Waals surface area contributed by atoms with Crippen LogP contribution in [0.3, 0.4) is 0 Å². The summed E-state index contributed by atoms with van der Waals surface area (Å²) in [5.41, 5.74) is 3.17. The van der Waals surface area contributed by atoms with Crippen molar-refractivity contribution < 1.29 is 0 Å². The van der Waals surface area contributed by atoms with Gasteiger partial charge in [-0.15, -0.1) is 11.8 Å². The number of thioether (sulfide) groups is 1. The third kappa shape index (κ3) is 3.50. The lowest BCUT2D eigenvalue weighted by molar-refractivity contribution is 1.14. The molecule has 1 aromatic heterocycles. The average molecular weight is 358 g/mol. The van der Waals surface area contributed by atoms with Gasteiger partial charge in [0.1, 0.15) is 5.82 Å². The second-order valence-electron chi connectivity index (χ2n) is 5.52. The van der Waals surface area contributed by atoms with Gasteiger partial charge in [-0.25, -0.2) is 9.97 Å². The molecule has 0 spiro atoms. The van der Waals surface area contributed by atoms with Gasteiger partial charge in [0.25, 0.3) is 0 Å². The van der Waals surface area contributed by atoms with E-state index in [0.717, 1.165) is 50.3 Å². The number of halogens is 1. The van der Waals surface area contributed by atoms with Crippen molar-refractivity contribution in [2.45, 2.75) is 25.7 Å². The lowest BCUT2D eigenvalue weighted by atomic mass is 10.1. The Morgan fingerprint density at radius 3 is 2.67 bits per heavy atom. The number of nitrogens with zero attached hydrogens (tertiary/aromatic N) is 2. The van der Waals surface area contributed by atoms with Crippen LogP contribution in [0.5, 0.6) is 0 Å². The normalized spacial score (nSPS) is 11.0. The van der Waals surface area contributed by atoms with E-state index in [1.54, 1.807) is 11.8 Å². The molecule has 0 unspecified atom stereocenters. The van der Waals surface area contributed by atoms with E-state index in [2.05, 4.69) is 44.3 Å². The molecule has 0 fully saturated rings. The molecule has 0 aliphatic carbocycles. The minimum absolute atomic E-state index is 0.733. The Morgan fingerprint density at radius 2 is 1.92 bits per heavy atom. The van der Waals surface area contributed by atoms with Gasteiger partial charge in [0.2, 0.25) is 0 Å². The smallest absolute Gasteiger partial charge is 0.163 e. The predicted octanol–water partition coefficient (Wildman–Crippen LogP) is 5.80. The summed E-state index contributed by atoms with van der Waals surface area (Å²) < 4.78 is 0. The molecule has 0 bridgehead atoms. The monoisotopic (exact) mass is 357 g/mol. The highest BCUT2D eigenvalue weighted by Crippen LogP contribution is 2.34. The number of hydrogen-bond acceptors (Lipinski definition) is 4. The molecule has 0 aliphatic rings. The van der Waals surface area contributed by atoms with E-state index in [1.165, 1.54) is 5.56 Å². The van der Waals surface area contributed by atoms with Gasteiger partial charge in [0.05, 0.1) is 5.52 Å². The van der Waals surface area contributed by atoms with Gasteiger partial charge in [-0.2, -0.15) is 0 Å². The number of aryl methyl sites for hydroxylation is 1. The van der Waals surface area contributed by atoms with Crippen LogP contribution in [-0.2, 0) is 0 Å². The summed E-state index contributed by atoms with van der Waals surface area (Å²) >= 11 is 7.92. The van der Waals surface area contributed by atoms with Crippen molar-refractivity contribution in [2.75, 3.05) is 17.6 Å². The highest BCUT2D eigenvalue weighted by Gasteiger charge is 2.13. The van der Waals surface area contributed by atoms with Crippen molar-refractivity contribution in [3.8, 4) is 11.4 Å². The van der Waals surface area contributed by atoms with Crippen LogP contribution in [-0.4, -0.2) is 22.3 Å². The second-order valence-corrected chi connectivity index (χ2v) is 7.26. The molecule has 3 aromatic rings. The molecule has 1 heterocycles. The quantitative estimate of drug-likeness (QED) is 0.585. The molecular formula is C19H20ClN3S. The van der Waals surface area contributed by atoms with Crippen LogP contribution in [0.1, 0.15) is 19.4 Å². The number of benzene rings is 2. The van der Waals surface area contributed by atoms with Gasteiger partial charge in [-0.1, -0.05) is 24.6 Å². The maximum absolute atomic E-state index is 6.17. The van der Waals surface area contributed by atoms with Gasteiger partial charge in [0.15, 0.2) is 5.82 Å². The number of nitrogens with one attached hydrogen (secondary N) is 1. The van der Waals surface area contributed by atoms with Crippen molar-refractivity contribution in [3.63, 3.8) is 0 Å². The van der Waals surface area contributed by atoms with Crippen LogP contribution in [0.2, 0.25) is 5.02 Å². The summed E-state index contributed by atoms with van der Waals surface area (Å²) in [7, 11) is 0. The first-order valence-corrected chi connectivity index (χ1v) is 9.43.